The topological polar surface area (TPSA) is 159 Å². The van der Waals surface area contributed by atoms with Crippen LogP contribution in [0.1, 0.15) is 58.2 Å². The normalized spacial score (nSPS) is 14.1. The van der Waals surface area contributed by atoms with Crippen molar-refractivity contribution in [1.82, 2.24) is 10.2 Å². The zero-order valence-electron chi connectivity index (χ0n) is 27.5. The average Bonchev–Trinajstić information content (AvgIpc) is 3.51. The highest BCUT2D eigenvalue weighted by molar-refractivity contribution is 7.90. The molecule has 1 aliphatic heterocycles. The molecule has 1 aliphatic rings. The minimum absolute atomic E-state index is 0.0105. The van der Waals surface area contributed by atoms with Gasteiger partial charge in [-0.25, -0.2) is 18.0 Å². The third-order valence-corrected chi connectivity index (χ3v) is 9.68. The summed E-state index contributed by atoms with van der Waals surface area (Å²) in [5.41, 5.74) is 2.63. The van der Waals surface area contributed by atoms with Crippen molar-refractivity contribution in [3.05, 3.63) is 98.7 Å². The highest BCUT2D eigenvalue weighted by atomic mass is 35.5. The first kappa shape index (κ1) is 36.7. The van der Waals surface area contributed by atoms with E-state index in [4.69, 9.17) is 41.8 Å². The summed E-state index contributed by atoms with van der Waals surface area (Å²) in [6.45, 7) is 5.03. The molecule has 4 aromatic rings. The predicted octanol–water partition coefficient (Wildman–Crippen LogP) is 6.13. The van der Waals surface area contributed by atoms with Gasteiger partial charge in [-0.2, -0.15) is 0 Å². The van der Waals surface area contributed by atoms with Crippen molar-refractivity contribution in [3.8, 4) is 0 Å². The van der Waals surface area contributed by atoms with Crippen molar-refractivity contribution in [1.29, 1.82) is 0 Å². The van der Waals surface area contributed by atoms with Crippen LogP contribution < -0.4 is 5.32 Å². The third kappa shape index (κ3) is 8.58. The summed E-state index contributed by atoms with van der Waals surface area (Å²) >= 11 is 13.4. The van der Waals surface area contributed by atoms with E-state index in [1.807, 2.05) is 12.1 Å². The first-order chi connectivity index (χ1) is 23.6. The molecule has 5 rings (SSSR count). The van der Waals surface area contributed by atoms with Gasteiger partial charge in [-0.3, -0.25) is 9.59 Å². The second-order valence-corrected chi connectivity index (χ2v) is 14.8. The highest BCUT2D eigenvalue weighted by Gasteiger charge is 2.31. The average molecular weight is 746 g/mol. The van der Waals surface area contributed by atoms with E-state index < -0.39 is 46.3 Å². The van der Waals surface area contributed by atoms with Gasteiger partial charge in [0.25, 0.3) is 11.8 Å². The van der Waals surface area contributed by atoms with Crippen molar-refractivity contribution in [2.75, 3.05) is 12.8 Å². The molecule has 3 aromatic carbocycles. The Bertz CT molecular complexity index is 2080. The standard InChI is InChI=1S/C35H34Cl2N2O10S/c1-19(2)47-35(43)49-20(3)48-34(42)28(15-21-6-5-7-25(14-21)50(4,44)45)38-32(40)30-27(36)16-24-18-39(12-10-26(24)31(30)37)33(41)23-9-8-22-11-13-46-29(22)17-23/h5-9,11,13-14,16-17,19-20,28H,10,12,15,18H2,1-4H3,(H,38,40). The molecule has 0 saturated heterocycles. The number of halogens is 2. The number of sulfone groups is 1. The van der Waals surface area contributed by atoms with Crippen LogP contribution in [0.4, 0.5) is 4.79 Å². The van der Waals surface area contributed by atoms with Crippen LogP contribution >= 0.6 is 23.2 Å². The lowest BCUT2D eigenvalue weighted by atomic mass is 9.95. The number of nitrogens with one attached hydrogen (secondary N) is 1. The minimum Gasteiger partial charge on any atom is -0.464 e. The van der Waals surface area contributed by atoms with Crippen LogP contribution in [0.5, 0.6) is 0 Å². The summed E-state index contributed by atoms with van der Waals surface area (Å²) in [6, 6.07) is 13.1. The van der Waals surface area contributed by atoms with Gasteiger partial charge in [-0.1, -0.05) is 41.4 Å². The molecule has 12 nitrogen and oxygen atoms in total. The number of hydrogen-bond donors (Lipinski definition) is 1. The number of nitrogens with zero attached hydrogens (tertiary/aromatic N) is 1. The lowest BCUT2D eigenvalue weighted by molar-refractivity contribution is -0.170. The molecule has 1 aromatic heterocycles. The molecule has 0 saturated carbocycles. The first-order valence-electron chi connectivity index (χ1n) is 15.5. The molecule has 0 aliphatic carbocycles. The molecule has 50 heavy (non-hydrogen) atoms. The summed E-state index contributed by atoms with van der Waals surface area (Å²) < 4.78 is 45.0. The van der Waals surface area contributed by atoms with Gasteiger partial charge < -0.3 is 28.8 Å². The Morgan fingerprint density at radius 1 is 0.980 bits per heavy atom. The summed E-state index contributed by atoms with van der Waals surface area (Å²) in [5.74, 6) is -2.00. The van der Waals surface area contributed by atoms with Gasteiger partial charge in [0.2, 0.25) is 6.29 Å². The maximum Gasteiger partial charge on any atom is 0.511 e. The maximum absolute atomic E-state index is 13.8. The minimum atomic E-state index is -3.58. The van der Waals surface area contributed by atoms with Crippen LogP contribution in [0.3, 0.4) is 0 Å². The van der Waals surface area contributed by atoms with Crippen LogP contribution in [0, 0.1) is 0 Å². The fraction of sp³-hybridized carbons (Fsp3) is 0.314. The molecular weight excluding hydrogens is 711 g/mol. The van der Waals surface area contributed by atoms with E-state index in [-0.39, 0.29) is 39.4 Å². The Kier molecular flexibility index (Phi) is 11.1. The molecular formula is C35H34Cl2N2O10S. The van der Waals surface area contributed by atoms with Gasteiger partial charge in [0, 0.05) is 43.6 Å². The summed E-state index contributed by atoms with van der Waals surface area (Å²) in [7, 11) is -3.58. The van der Waals surface area contributed by atoms with Crippen LogP contribution in [0.2, 0.25) is 10.0 Å². The van der Waals surface area contributed by atoms with Crippen molar-refractivity contribution < 1.29 is 46.2 Å². The molecule has 2 atom stereocenters. The molecule has 0 radical (unpaired) electrons. The van der Waals surface area contributed by atoms with Crippen LogP contribution in [-0.4, -0.2) is 68.5 Å². The monoisotopic (exact) mass is 744 g/mol. The largest absolute Gasteiger partial charge is 0.511 e. The van der Waals surface area contributed by atoms with E-state index in [0.717, 1.165) is 11.6 Å². The van der Waals surface area contributed by atoms with Crippen molar-refractivity contribution in [2.45, 2.75) is 63.5 Å². The quantitative estimate of drug-likeness (QED) is 0.148. The Morgan fingerprint density at radius 2 is 1.74 bits per heavy atom. The summed E-state index contributed by atoms with van der Waals surface area (Å²) in [4.78, 5) is 54.1. The molecule has 2 amide bonds. The SMILES string of the molecule is CC(C)OC(=O)OC(C)OC(=O)C(Cc1cccc(S(C)(=O)=O)c1)NC(=O)c1c(Cl)cc2c(c1Cl)CCN(C(=O)c1ccc3ccoc3c1)C2. The molecule has 15 heteroatoms. The van der Waals surface area contributed by atoms with E-state index >= 15 is 0 Å². The molecule has 264 valence electrons. The fourth-order valence-electron chi connectivity index (χ4n) is 5.49. The number of hydrogen-bond acceptors (Lipinski definition) is 10. The molecule has 2 heterocycles. The summed E-state index contributed by atoms with van der Waals surface area (Å²) in [6.07, 6.45) is -0.206. The van der Waals surface area contributed by atoms with Crippen molar-refractivity contribution in [2.24, 2.45) is 0 Å². The predicted molar refractivity (Wildman–Crippen MR) is 184 cm³/mol. The number of esters is 1. The molecule has 0 bridgehead atoms. The number of carbonyl (C=O) groups is 4. The Labute approximate surface area is 298 Å². The van der Waals surface area contributed by atoms with E-state index in [2.05, 4.69) is 5.32 Å². The highest BCUT2D eigenvalue weighted by Crippen LogP contribution is 2.35. The lowest BCUT2D eigenvalue weighted by Gasteiger charge is -2.30. The number of benzene rings is 3. The number of ether oxygens (including phenoxy) is 3. The maximum atomic E-state index is 13.8. The number of carbonyl (C=O) groups excluding carboxylic acids is 4. The second-order valence-electron chi connectivity index (χ2n) is 12.0. The number of fused-ring (bicyclic) bond motifs is 2. The first-order valence-corrected chi connectivity index (χ1v) is 18.2. The molecule has 1 N–H and O–H groups in total. The molecule has 2 unspecified atom stereocenters. The van der Waals surface area contributed by atoms with Crippen LogP contribution in [-0.2, 0) is 48.2 Å². The summed E-state index contributed by atoms with van der Waals surface area (Å²) in [5, 5.41) is 3.53. The van der Waals surface area contributed by atoms with Gasteiger partial charge in [0.1, 0.15) is 11.6 Å². The zero-order valence-corrected chi connectivity index (χ0v) is 29.9. The smallest absolute Gasteiger partial charge is 0.464 e. The van der Waals surface area contributed by atoms with Crippen molar-refractivity contribution >= 4 is 67.9 Å². The van der Waals surface area contributed by atoms with Crippen molar-refractivity contribution in [3.63, 3.8) is 0 Å². The third-order valence-electron chi connectivity index (χ3n) is 7.85. The van der Waals surface area contributed by atoms with Gasteiger partial charge in [-0.05, 0) is 73.4 Å². The number of furan rings is 1. The number of amides is 2. The van der Waals surface area contributed by atoms with E-state index in [9.17, 15) is 27.6 Å². The molecule has 0 fully saturated rings. The Balaban J connectivity index is 1.37. The van der Waals surface area contributed by atoms with Crippen LogP contribution in [0.15, 0.2) is 70.2 Å². The Hall–Kier alpha value is -4.59. The molecule has 0 spiro atoms. The van der Waals surface area contributed by atoms with E-state index in [1.54, 1.807) is 49.3 Å². The van der Waals surface area contributed by atoms with Gasteiger partial charge in [-0.15, -0.1) is 0 Å². The fourth-order valence-corrected chi connectivity index (χ4v) is 6.95. The lowest BCUT2D eigenvalue weighted by Crippen LogP contribution is -2.45. The van der Waals surface area contributed by atoms with Crippen LogP contribution in [0.25, 0.3) is 11.0 Å². The van der Waals surface area contributed by atoms with E-state index in [0.29, 0.717) is 40.8 Å². The van der Waals surface area contributed by atoms with Gasteiger partial charge in [0.15, 0.2) is 9.84 Å². The van der Waals surface area contributed by atoms with Gasteiger partial charge >= 0.3 is 12.1 Å². The van der Waals surface area contributed by atoms with E-state index in [1.165, 1.54) is 25.1 Å². The zero-order chi connectivity index (χ0) is 36.3. The second kappa shape index (κ2) is 15.1. The van der Waals surface area contributed by atoms with Gasteiger partial charge in [0.05, 0.1) is 32.9 Å². The Morgan fingerprint density at radius 3 is 2.46 bits per heavy atom. The number of rotatable bonds is 10.